The SMILES string of the molecule is C[C@@H]1CCCC[C@@H]1NC(=O)[C@H](C)S(=O)(=O)Cc1nnnn1C1CC1. The lowest BCUT2D eigenvalue weighted by Gasteiger charge is -2.30. The Hall–Kier alpha value is -1.51. The minimum absolute atomic E-state index is 0.0701. The molecule has 2 fully saturated rings. The molecule has 0 bridgehead atoms. The average molecular weight is 355 g/mol. The Labute approximate surface area is 142 Å². The van der Waals surface area contributed by atoms with Gasteiger partial charge in [-0.3, -0.25) is 4.79 Å². The molecular weight excluding hydrogens is 330 g/mol. The Kier molecular flexibility index (Phi) is 4.89. The van der Waals surface area contributed by atoms with E-state index in [9.17, 15) is 13.2 Å². The molecule has 1 aromatic rings. The predicted molar refractivity (Wildman–Crippen MR) is 87.7 cm³/mol. The lowest BCUT2D eigenvalue weighted by Crippen LogP contribution is -2.47. The van der Waals surface area contributed by atoms with Gasteiger partial charge in [0.05, 0.1) is 6.04 Å². The maximum absolute atomic E-state index is 12.6. The summed E-state index contributed by atoms with van der Waals surface area (Å²) >= 11 is 0. The molecule has 1 N–H and O–H groups in total. The van der Waals surface area contributed by atoms with Crippen LogP contribution in [-0.2, 0) is 20.4 Å². The molecule has 2 aliphatic carbocycles. The Balaban J connectivity index is 1.64. The highest BCUT2D eigenvalue weighted by Crippen LogP contribution is 2.34. The van der Waals surface area contributed by atoms with Crippen LogP contribution in [0.5, 0.6) is 0 Å². The molecule has 0 unspecified atom stereocenters. The Morgan fingerprint density at radius 3 is 2.67 bits per heavy atom. The van der Waals surface area contributed by atoms with Crippen molar-refractivity contribution in [3.63, 3.8) is 0 Å². The van der Waals surface area contributed by atoms with Crippen molar-refractivity contribution in [1.82, 2.24) is 25.5 Å². The summed E-state index contributed by atoms with van der Waals surface area (Å²) in [7, 11) is -3.65. The van der Waals surface area contributed by atoms with E-state index in [4.69, 9.17) is 0 Å². The van der Waals surface area contributed by atoms with E-state index in [1.807, 2.05) is 0 Å². The van der Waals surface area contributed by atoms with E-state index in [0.717, 1.165) is 32.1 Å². The first-order valence-electron chi connectivity index (χ1n) is 8.67. The number of amides is 1. The van der Waals surface area contributed by atoms with Gasteiger partial charge in [0.2, 0.25) is 5.91 Å². The van der Waals surface area contributed by atoms with Crippen LogP contribution in [0.1, 0.15) is 64.2 Å². The summed E-state index contributed by atoms with van der Waals surface area (Å²) in [5, 5.41) is 13.1. The maximum Gasteiger partial charge on any atom is 0.238 e. The summed E-state index contributed by atoms with van der Waals surface area (Å²) in [5.74, 6) is -0.00663. The van der Waals surface area contributed by atoms with E-state index < -0.39 is 21.0 Å². The lowest BCUT2D eigenvalue weighted by molar-refractivity contribution is -0.121. The van der Waals surface area contributed by atoms with Crippen molar-refractivity contribution in [1.29, 1.82) is 0 Å². The van der Waals surface area contributed by atoms with Crippen molar-refractivity contribution in [3.05, 3.63) is 5.82 Å². The molecule has 0 aliphatic heterocycles. The summed E-state index contributed by atoms with van der Waals surface area (Å²) in [6.45, 7) is 3.55. The maximum atomic E-state index is 12.6. The van der Waals surface area contributed by atoms with Crippen molar-refractivity contribution in [3.8, 4) is 0 Å². The molecule has 1 aromatic heterocycles. The number of hydrogen-bond donors (Lipinski definition) is 1. The second-order valence-electron chi connectivity index (χ2n) is 7.10. The lowest BCUT2D eigenvalue weighted by atomic mass is 9.86. The third-order valence-corrected chi connectivity index (χ3v) is 7.08. The molecule has 0 radical (unpaired) electrons. The summed E-state index contributed by atoms with van der Waals surface area (Å²) < 4.78 is 26.8. The van der Waals surface area contributed by atoms with Gasteiger partial charge in [-0.2, -0.15) is 0 Å². The fraction of sp³-hybridized carbons (Fsp3) is 0.867. The summed E-state index contributed by atoms with van der Waals surface area (Å²) in [5.41, 5.74) is 0. The van der Waals surface area contributed by atoms with E-state index in [-0.39, 0.29) is 17.8 Å². The number of hydrogen-bond acceptors (Lipinski definition) is 6. The fourth-order valence-electron chi connectivity index (χ4n) is 3.21. The van der Waals surface area contributed by atoms with Crippen LogP contribution in [0.3, 0.4) is 0 Å². The molecule has 0 aromatic carbocycles. The Morgan fingerprint density at radius 2 is 2.00 bits per heavy atom. The van der Waals surface area contributed by atoms with Crippen molar-refractivity contribution >= 4 is 15.7 Å². The number of carbonyl (C=O) groups excluding carboxylic acids is 1. The summed E-state index contributed by atoms with van der Waals surface area (Å²) in [4.78, 5) is 12.4. The molecule has 24 heavy (non-hydrogen) atoms. The zero-order chi connectivity index (χ0) is 17.3. The first-order valence-corrected chi connectivity index (χ1v) is 10.4. The van der Waals surface area contributed by atoms with Crippen LogP contribution in [-0.4, -0.2) is 45.8 Å². The van der Waals surface area contributed by atoms with Crippen LogP contribution >= 0.6 is 0 Å². The zero-order valence-electron chi connectivity index (χ0n) is 14.2. The van der Waals surface area contributed by atoms with Crippen LogP contribution in [0.25, 0.3) is 0 Å². The van der Waals surface area contributed by atoms with Gasteiger partial charge in [0, 0.05) is 6.04 Å². The van der Waals surface area contributed by atoms with E-state index in [1.165, 1.54) is 13.3 Å². The van der Waals surface area contributed by atoms with Gasteiger partial charge in [-0.1, -0.05) is 19.8 Å². The molecule has 0 saturated heterocycles. The molecular formula is C15H25N5O3S. The number of nitrogens with one attached hydrogen (secondary N) is 1. The highest BCUT2D eigenvalue weighted by atomic mass is 32.2. The van der Waals surface area contributed by atoms with Crippen LogP contribution < -0.4 is 5.32 Å². The fourth-order valence-corrected chi connectivity index (χ4v) is 4.40. The van der Waals surface area contributed by atoms with Crippen LogP contribution in [0, 0.1) is 5.92 Å². The number of tetrazole rings is 1. The normalized spacial score (nSPS) is 26.1. The zero-order valence-corrected chi connectivity index (χ0v) is 15.0. The topological polar surface area (TPSA) is 107 Å². The highest BCUT2D eigenvalue weighted by Gasteiger charge is 2.35. The second-order valence-corrected chi connectivity index (χ2v) is 9.42. The van der Waals surface area contributed by atoms with E-state index in [2.05, 4.69) is 27.8 Å². The van der Waals surface area contributed by atoms with Crippen molar-refractivity contribution < 1.29 is 13.2 Å². The van der Waals surface area contributed by atoms with Gasteiger partial charge in [0.1, 0.15) is 11.0 Å². The van der Waals surface area contributed by atoms with Crippen LogP contribution in [0.4, 0.5) is 0 Å². The van der Waals surface area contributed by atoms with Gasteiger partial charge >= 0.3 is 0 Å². The Bertz CT molecular complexity index is 698. The number of nitrogens with zero attached hydrogens (tertiary/aromatic N) is 4. The van der Waals surface area contributed by atoms with Gasteiger partial charge in [0.15, 0.2) is 15.7 Å². The molecule has 2 aliphatic rings. The third-order valence-electron chi connectivity index (χ3n) is 5.13. The second kappa shape index (κ2) is 6.78. The average Bonchev–Trinajstić information content (AvgIpc) is 3.29. The molecule has 3 atom stereocenters. The van der Waals surface area contributed by atoms with E-state index in [1.54, 1.807) is 4.68 Å². The van der Waals surface area contributed by atoms with Crippen LogP contribution in [0.2, 0.25) is 0 Å². The number of rotatable bonds is 6. The first kappa shape index (κ1) is 17.3. The third kappa shape index (κ3) is 3.76. The molecule has 0 spiro atoms. The smallest absolute Gasteiger partial charge is 0.238 e. The van der Waals surface area contributed by atoms with Gasteiger partial charge in [-0.05, 0) is 49.0 Å². The summed E-state index contributed by atoms with van der Waals surface area (Å²) in [6, 6.07) is 0.276. The van der Waals surface area contributed by atoms with Crippen LogP contribution in [0.15, 0.2) is 0 Å². The number of sulfone groups is 1. The first-order chi connectivity index (χ1) is 11.4. The number of aromatic nitrogens is 4. The molecule has 1 amide bonds. The van der Waals surface area contributed by atoms with Crippen molar-refractivity contribution in [2.45, 2.75) is 75.5 Å². The van der Waals surface area contributed by atoms with E-state index in [0.29, 0.717) is 11.7 Å². The van der Waals surface area contributed by atoms with Crippen molar-refractivity contribution in [2.75, 3.05) is 0 Å². The highest BCUT2D eigenvalue weighted by molar-refractivity contribution is 7.92. The van der Waals surface area contributed by atoms with Gasteiger partial charge in [0.25, 0.3) is 0 Å². The van der Waals surface area contributed by atoms with Gasteiger partial charge in [-0.15, -0.1) is 5.10 Å². The quantitative estimate of drug-likeness (QED) is 0.816. The molecule has 1 heterocycles. The molecule has 8 nitrogen and oxygen atoms in total. The standard InChI is InChI=1S/C15H25N5O3S/c1-10-5-3-4-6-13(10)16-15(21)11(2)24(22,23)9-14-17-18-19-20(14)12-7-8-12/h10-13H,3-9H2,1-2H3,(H,16,21)/t10-,11+,13+/m1/s1. The molecule has 134 valence electrons. The minimum atomic E-state index is -3.65. The van der Waals surface area contributed by atoms with E-state index >= 15 is 0 Å². The molecule has 9 heteroatoms. The summed E-state index contributed by atoms with van der Waals surface area (Å²) in [6.07, 6.45) is 6.17. The minimum Gasteiger partial charge on any atom is -0.352 e. The van der Waals surface area contributed by atoms with Crippen molar-refractivity contribution in [2.24, 2.45) is 5.92 Å². The Morgan fingerprint density at radius 1 is 1.29 bits per heavy atom. The number of carbonyl (C=O) groups is 1. The van der Waals surface area contributed by atoms with Gasteiger partial charge in [-0.25, -0.2) is 13.1 Å². The molecule has 3 rings (SSSR count). The monoisotopic (exact) mass is 355 g/mol. The van der Waals surface area contributed by atoms with Gasteiger partial charge < -0.3 is 5.32 Å². The largest absolute Gasteiger partial charge is 0.352 e. The molecule has 2 saturated carbocycles. The predicted octanol–water partition coefficient (Wildman–Crippen LogP) is 1.01.